The topological polar surface area (TPSA) is 51.3 Å². The molecule has 0 spiro atoms. The Morgan fingerprint density at radius 2 is 1.76 bits per heavy atom. The van der Waals surface area contributed by atoms with E-state index >= 15 is 0 Å². The fourth-order valence-corrected chi connectivity index (χ4v) is 3.48. The van der Waals surface area contributed by atoms with E-state index in [4.69, 9.17) is 5.73 Å². The van der Waals surface area contributed by atoms with Gasteiger partial charge in [0.2, 0.25) is 0 Å². The van der Waals surface area contributed by atoms with Gasteiger partial charge in [0.25, 0.3) is 5.91 Å². The number of para-hydroxylation sites is 1. The molecule has 4 heteroatoms. The summed E-state index contributed by atoms with van der Waals surface area (Å²) < 4.78 is 2.00. The normalized spacial score (nSPS) is 16.5. The number of hydrogen-bond acceptors (Lipinski definition) is 2. The summed E-state index contributed by atoms with van der Waals surface area (Å²) in [5.74, 6) is 0.00327. The summed E-state index contributed by atoms with van der Waals surface area (Å²) in [5.41, 5.74) is 10.2. The lowest BCUT2D eigenvalue weighted by molar-refractivity contribution is 0.0975. The Kier molecular flexibility index (Phi) is 4.12. The van der Waals surface area contributed by atoms with Crippen LogP contribution in [-0.2, 0) is 13.0 Å². The molecule has 0 bridgehead atoms. The molecule has 4 nitrogen and oxygen atoms in total. The van der Waals surface area contributed by atoms with Crippen LogP contribution < -0.4 is 10.6 Å². The molecule has 1 aromatic heterocycles. The Bertz CT molecular complexity index is 885. The predicted molar refractivity (Wildman–Crippen MR) is 99.8 cm³/mol. The quantitative estimate of drug-likeness (QED) is 0.802. The third-order valence-corrected chi connectivity index (χ3v) is 4.67. The van der Waals surface area contributed by atoms with Gasteiger partial charge in [-0.3, -0.25) is 4.79 Å². The first-order valence-electron chi connectivity index (χ1n) is 8.57. The number of carbonyl (C=O) groups excluding carboxylic acids is 1. The average molecular weight is 331 g/mol. The molecule has 0 saturated heterocycles. The van der Waals surface area contributed by atoms with Crippen molar-refractivity contribution in [3.8, 4) is 0 Å². The van der Waals surface area contributed by atoms with E-state index in [9.17, 15) is 4.79 Å². The van der Waals surface area contributed by atoms with Gasteiger partial charge in [-0.25, -0.2) is 0 Å². The number of aromatic nitrogens is 1. The number of amides is 1. The first-order chi connectivity index (χ1) is 12.2. The summed E-state index contributed by atoms with van der Waals surface area (Å²) in [7, 11) is 0. The number of benzene rings is 2. The minimum absolute atomic E-state index is 0.00327. The fourth-order valence-electron chi connectivity index (χ4n) is 3.48. The van der Waals surface area contributed by atoms with Crippen molar-refractivity contribution in [1.29, 1.82) is 0 Å². The molecule has 1 unspecified atom stereocenters. The number of hydrogen-bond donors (Lipinski definition) is 1. The van der Waals surface area contributed by atoms with Crippen molar-refractivity contribution in [2.45, 2.75) is 19.0 Å². The van der Waals surface area contributed by atoms with Crippen LogP contribution in [-0.4, -0.2) is 23.1 Å². The number of rotatable bonds is 3. The molecule has 0 saturated carbocycles. The molecule has 3 aromatic rings. The van der Waals surface area contributed by atoms with Crippen LogP contribution in [0.1, 0.15) is 21.6 Å². The highest BCUT2D eigenvalue weighted by Crippen LogP contribution is 2.28. The van der Waals surface area contributed by atoms with Crippen LogP contribution in [0, 0.1) is 0 Å². The number of nitrogens with zero attached hydrogens (tertiary/aromatic N) is 2. The maximum absolute atomic E-state index is 13.2. The Morgan fingerprint density at radius 3 is 2.60 bits per heavy atom. The fraction of sp³-hybridized carbons (Fsp3) is 0.190. The van der Waals surface area contributed by atoms with Crippen molar-refractivity contribution in [3.63, 3.8) is 0 Å². The zero-order valence-corrected chi connectivity index (χ0v) is 14.0. The Labute approximate surface area is 147 Å². The smallest absolute Gasteiger partial charge is 0.274 e. The van der Waals surface area contributed by atoms with E-state index in [-0.39, 0.29) is 11.9 Å². The van der Waals surface area contributed by atoms with Gasteiger partial charge in [-0.15, -0.1) is 0 Å². The molecular weight excluding hydrogens is 310 g/mol. The van der Waals surface area contributed by atoms with E-state index in [2.05, 4.69) is 18.2 Å². The number of fused-ring (bicyclic) bond motifs is 1. The zero-order valence-electron chi connectivity index (χ0n) is 14.0. The van der Waals surface area contributed by atoms with Gasteiger partial charge in [0.15, 0.2) is 0 Å². The summed E-state index contributed by atoms with van der Waals surface area (Å²) >= 11 is 0. The van der Waals surface area contributed by atoms with Crippen molar-refractivity contribution in [1.82, 2.24) is 4.57 Å². The minimum atomic E-state index is -0.0311. The van der Waals surface area contributed by atoms with Crippen LogP contribution in [0.15, 0.2) is 72.9 Å². The van der Waals surface area contributed by atoms with Crippen molar-refractivity contribution in [2.24, 2.45) is 5.73 Å². The molecule has 126 valence electrons. The van der Waals surface area contributed by atoms with Gasteiger partial charge in [-0.2, -0.15) is 0 Å². The van der Waals surface area contributed by atoms with Crippen LogP contribution in [0.3, 0.4) is 0 Å². The number of carbonyl (C=O) groups is 1. The summed E-state index contributed by atoms with van der Waals surface area (Å²) in [4.78, 5) is 15.0. The first kappa shape index (κ1) is 15.7. The molecule has 1 aliphatic heterocycles. The highest BCUT2D eigenvalue weighted by molar-refractivity contribution is 6.06. The molecule has 1 amide bonds. The summed E-state index contributed by atoms with van der Waals surface area (Å²) in [6.45, 7) is 1.23. The van der Waals surface area contributed by atoms with Gasteiger partial charge in [0.05, 0.1) is 0 Å². The van der Waals surface area contributed by atoms with E-state index in [0.717, 1.165) is 17.7 Å². The van der Waals surface area contributed by atoms with E-state index < -0.39 is 0 Å². The molecule has 0 fully saturated rings. The Morgan fingerprint density at radius 1 is 1.00 bits per heavy atom. The van der Waals surface area contributed by atoms with E-state index in [1.54, 1.807) is 0 Å². The molecule has 2 heterocycles. The molecule has 0 radical (unpaired) electrons. The molecule has 1 aliphatic rings. The summed E-state index contributed by atoms with van der Waals surface area (Å²) in [6, 6.07) is 22.0. The van der Waals surface area contributed by atoms with Gasteiger partial charge in [-0.05, 0) is 35.7 Å². The molecule has 0 aliphatic carbocycles. The van der Waals surface area contributed by atoms with Crippen molar-refractivity contribution in [2.75, 3.05) is 11.4 Å². The van der Waals surface area contributed by atoms with E-state index in [1.165, 1.54) is 5.56 Å². The lowest BCUT2D eigenvalue weighted by atomic mass is 9.98. The molecular formula is C21H21N3O. The third kappa shape index (κ3) is 3.08. The average Bonchev–Trinajstić information content (AvgIpc) is 3.09. The molecule has 2 aromatic carbocycles. The first-order valence-corrected chi connectivity index (χ1v) is 8.57. The second-order valence-corrected chi connectivity index (χ2v) is 6.52. The highest BCUT2D eigenvalue weighted by Gasteiger charge is 2.28. The van der Waals surface area contributed by atoms with Crippen molar-refractivity contribution in [3.05, 3.63) is 89.7 Å². The zero-order chi connectivity index (χ0) is 17.2. The third-order valence-electron chi connectivity index (χ3n) is 4.67. The summed E-state index contributed by atoms with van der Waals surface area (Å²) in [5, 5.41) is 0. The lowest BCUT2D eigenvalue weighted by Crippen LogP contribution is -2.46. The largest absolute Gasteiger partial charge is 0.339 e. The van der Waals surface area contributed by atoms with Crippen molar-refractivity contribution >= 4 is 11.6 Å². The monoisotopic (exact) mass is 331 g/mol. The van der Waals surface area contributed by atoms with E-state index in [1.807, 2.05) is 64.2 Å². The van der Waals surface area contributed by atoms with Crippen molar-refractivity contribution < 1.29 is 4.79 Å². The molecule has 4 rings (SSSR count). The van der Waals surface area contributed by atoms with Crippen LogP contribution in [0.5, 0.6) is 0 Å². The highest BCUT2D eigenvalue weighted by atomic mass is 16.2. The van der Waals surface area contributed by atoms with Gasteiger partial charge in [-0.1, -0.05) is 48.5 Å². The molecule has 1 atom stereocenters. The van der Waals surface area contributed by atoms with Gasteiger partial charge >= 0.3 is 0 Å². The lowest BCUT2D eigenvalue weighted by Gasteiger charge is -2.33. The number of anilines is 1. The Hall–Kier alpha value is -2.85. The molecule has 25 heavy (non-hydrogen) atoms. The van der Waals surface area contributed by atoms with Crippen LogP contribution in [0.2, 0.25) is 0 Å². The van der Waals surface area contributed by atoms with Gasteiger partial charge in [0.1, 0.15) is 5.69 Å². The number of nitrogens with two attached hydrogens (primary N) is 1. The maximum atomic E-state index is 13.2. The van der Waals surface area contributed by atoms with Crippen LogP contribution >= 0.6 is 0 Å². The van der Waals surface area contributed by atoms with Crippen LogP contribution in [0.4, 0.5) is 5.69 Å². The SMILES string of the molecule is NC1Cc2ccccc2N(C(=O)c2cccn2Cc2ccccc2)C1. The van der Waals surface area contributed by atoms with E-state index in [0.29, 0.717) is 18.8 Å². The second kappa shape index (κ2) is 6.57. The van der Waals surface area contributed by atoms with Gasteiger partial charge < -0.3 is 15.2 Å². The Balaban J connectivity index is 1.65. The minimum Gasteiger partial charge on any atom is -0.339 e. The summed E-state index contributed by atoms with van der Waals surface area (Å²) in [6.07, 6.45) is 2.76. The van der Waals surface area contributed by atoms with Gasteiger partial charge in [0, 0.05) is 31.0 Å². The predicted octanol–water partition coefficient (Wildman–Crippen LogP) is 3.07. The maximum Gasteiger partial charge on any atom is 0.274 e. The standard InChI is InChI=1S/C21H21N3O/c22-18-13-17-9-4-5-10-19(17)24(15-18)21(25)20-11-6-12-23(20)14-16-7-2-1-3-8-16/h1-12,18H,13-15,22H2. The second-order valence-electron chi connectivity index (χ2n) is 6.52. The molecule has 2 N–H and O–H groups in total. The van der Waals surface area contributed by atoms with Crippen LogP contribution in [0.25, 0.3) is 0 Å².